The monoisotopic (exact) mass is 428 g/mol. The molecule has 0 radical (unpaired) electrons. The SMILES string of the molecule is COCCCCC(=NOCCN)c1ccc([S+](C)[O-])cc1.O=C(O)/C=C/C(=O)O. The van der Waals surface area contributed by atoms with Gasteiger partial charge in [-0.2, -0.15) is 0 Å². The van der Waals surface area contributed by atoms with Crippen molar-refractivity contribution in [3.05, 3.63) is 42.0 Å². The molecule has 1 atom stereocenters. The Labute approximate surface area is 173 Å². The van der Waals surface area contributed by atoms with E-state index in [0.717, 1.165) is 42.0 Å². The summed E-state index contributed by atoms with van der Waals surface area (Å²) in [5.41, 5.74) is 7.27. The van der Waals surface area contributed by atoms with Gasteiger partial charge in [0.1, 0.15) is 12.9 Å². The summed E-state index contributed by atoms with van der Waals surface area (Å²) in [6, 6.07) is 7.58. The third-order valence-electron chi connectivity index (χ3n) is 3.28. The fourth-order valence-corrected chi connectivity index (χ4v) is 2.46. The highest BCUT2D eigenvalue weighted by atomic mass is 32.2. The molecule has 0 saturated heterocycles. The molecular formula is C19H28N2O7S. The van der Waals surface area contributed by atoms with Crippen LogP contribution < -0.4 is 5.73 Å². The smallest absolute Gasteiger partial charge is 0.328 e. The second-order valence-electron chi connectivity index (χ2n) is 5.60. The lowest BCUT2D eigenvalue weighted by Gasteiger charge is -2.09. The first kappa shape index (κ1) is 26.6. The van der Waals surface area contributed by atoms with E-state index in [2.05, 4.69) is 5.16 Å². The summed E-state index contributed by atoms with van der Waals surface area (Å²) < 4.78 is 16.5. The Morgan fingerprint density at radius 3 is 2.17 bits per heavy atom. The van der Waals surface area contributed by atoms with Crippen molar-refractivity contribution in [1.29, 1.82) is 0 Å². The molecular weight excluding hydrogens is 400 g/mol. The molecule has 1 aromatic carbocycles. The fourth-order valence-electron chi connectivity index (χ4n) is 1.94. The number of carboxylic acids is 2. The fraction of sp³-hybridized carbons (Fsp3) is 0.421. The highest BCUT2D eigenvalue weighted by molar-refractivity contribution is 7.90. The van der Waals surface area contributed by atoms with Gasteiger partial charge in [0.2, 0.25) is 0 Å². The van der Waals surface area contributed by atoms with Crippen LogP contribution in [0.3, 0.4) is 0 Å². The van der Waals surface area contributed by atoms with Crippen molar-refractivity contribution in [3.8, 4) is 0 Å². The molecule has 1 unspecified atom stereocenters. The number of nitrogens with zero attached hydrogens (tertiary/aromatic N) is 1. The van der Waals surface area contributed by atoms with E-state index in [1.165, 1.54) is 0 Å². The summed E-state index contributed by atoms with van der Waals surface area (Å²) in [5.74, 6) is -2.51. The van der Waals surface area contributed by atoms with Gasteiger partial charge in [-0.3, -0.25) is 0 Å². The van der Waals surface area contributed by atoms with Gasteiger partial charge in [-0.1, -0.05) is 5.16 Å². The van der Waals surface area contributed by atoms with Crippen molar-refractivity contribution in [3.63, 3.8) is 0 Å². The molecule has 29 heavy (non-hydrogen) atoms. The highest BCUT2D eigenvalue weighted by Crippen LogP contribution is 2.14. The molecule has 9 nitrogen and oxygen atoms in total. The van der Waals surface area contributed by atoms with Crippen LogP contribution in [0.5, 0.6) is 0 Å². The quantitative estimate of drug-likeness (QED) is 0.149. The minimum Gasteiger partial charge on any atom is -0.612 e. The Balaban J connectivity index is 0.000000828. The van der Waals surface area contributed by atoms with Gasteiger partial charge in [0.05, 0.1) is 5.71 Å². The van der Waals surface area contributed by atoms with Crippen LogP contribution in [0.2, 0.25) is 0 Å². The average molecular weight is 429 g/mol. The lowest BCUT2D eigenvalue weighted by Crippen LogP contribution is -2.09. The third kappa shape index (κ3) is 14.3. The predicted octanol–water partition coefficient (Wildman–Crippen LogP) is 1.63. The number of unbranched alkanes of at least 4 members (excludes halogenated alkanes) is 1. The van der Waals surface area contributed by atoms with Crippen LogP contribution >= 0.6 is 0 Å². The molecule has 0 saturated carbocycles. The van der Waals surface area contributed by atoms with E-state index >= 15 is 0 Å². The first-order valence-electron chi connectivity index (χ1n) is 8.77. The normalized spacial score (nSPS) is 12.2. The zero-order chi connectivity index (χ0) is 22.1. The van der Waals surface area contributed by atoms with Crippen LogP contribution in [0.4, 0.5) is 0 Å². The molecule has 0 spiro atoms. The number of methoxy groups -OCH3 is 1. The number of hydrogen-bond donors (Lipinski definition) is 3. The van der Waals surface area contributed by atoms with E-state index in [1.807, 2.05) is 24.3 Å². The van der Waals surface area contributed by atoms with Gasteiger partial charge in [-0.15, -0.1) is 0 Å². The van der Waals surface area contributed by atoms with Crippen LogP contribution in [0.15, 0.2) is 46.5 Å². The molecule has 0 aliphatic heterocycles. The number of carboxylic acid groups (broad SMARTS) is 2. The van der Waals surface area contributed by atoms with E-state index in [1.54, 1.807) is 13.4 Å². The molecule has 0 aromatic heterocycles. The van der Waals surface area contributed by atoms with Crippen LogP contribution in [0.1, 0.15) is 24.8 Å². The molecule has 0 fully saturated rings. The predicted molar refractivity (Wildman–Crippen MR) is 110 cm³/mol. The third-order valence-corrected chi connectivity index (χ3v) is 4.22. The zero-order valence-electron chi connectivity index (χ0n) is 16.6. The second kappa shape index (κ2) is 16.5. The molecule has 10 heteroatoms. The first-order chi connectivity index (χ1) is 13.8. The number of carbonyl (C=O) groups is 2. The van der Waals surface area contributed by atoms with Gasteiger partial charge in [0, 0.05) is 32.4 Å². The van der Waals surface area contributed by atoms with Gasteiger partial charge < -0.3 is 30.1 Å². The molecule has 0 bridgehead atoms. The minimum atomic E-state index is -1.26. The Morgan fingerprint density at radius 1 is 1.14 bits per heavy atom. The van der Waals surface area contributed by atoms with E-state index < -0.39 is 23.1 Å². The van der Waals surface area contributed by atoms with Crippen molar-refractivity contribution in [1.82, 2.24) is 0 Å². The van der Waals surface area contributed by atoms with Gasteiger partial charge in [-0.25, -0.2) is 9.59 Å². The number of ether oxygens (including phenoxy) is 1. The number of oxime groups is 1. The van der Waals surface area contributed by atoms with E-state index in [-0.39, 0.29) is 0 Å². The number of rotatable bonds is 12. The average Bonchev–Trinajstić information content (AvgIpc) is 2.69. The topological polar surface area (TPSA) is 154 Å². The summed E-state index contributed by atoms with van der Waals surface area (Å²) in [7, 11) is 1.70. The van der Waals surface area contributed by atoms with Crippen molar-refractivity contribution < 1.29 is 33.9 Å². The number of hydrogen-bond acceptors (Lipinski definition) is 7. The minimum absolute atomic E-state index is 0.401. The molecule has 162 valence electrons. The maximum absolute atomic E-state index is 11.4. The Morgan fingerprint density at radius 2 is 1.72 bits per heavy atom. The van der Waals surface area contributed by atoms with Gasteiger partial charge in [0.25, 0.3) is 0 Å². The largest absolute Gasteiger partial charge is 0.612 e. The van der Waals surface area contributed by atoms with E-state index in [4.69, 9.17) is 25.5 Å². The van der Waals surface area contributed by atoms with Crippen molar-refractivity contribution >= 4 is 28.8 Å². The summed E-state index contributed by atoms with van der Waals surface area (Å²) in [4.78, 5) is 25.1. The Hall–Kier alpha value is -2.40. The van der Waals surface area contributed by atoms with E-state index in [9.17, 15) is 14.1 Å². The molecule has 4 N–H and O–H groups in total. The van der Waals surface area contributed by atoms with E-state index in [0.29, 0.717) is 25.3 Å². The highest BCUT2D eigenvalue weighted by Gasteiger charge is 2.08. The number of nitrogens with two attached hydrogens (primary N) is 1. The van der Waals surface area contributed by atoms with Crippen molar-refractivity contribution in [2.45, 2.75) is 24.2 Å². The first-order valence-corrected chi connectivity index (χ1v) is 10.3. The zero-order valence-corrected chi connectivity index (χ0v) is 17.4. The van der Waals surface area contributed by atoms with Crippen LogP contribution in [-0.4, -0.2) is 65.5 Å². The lowest BCUT2D eigenvalue weighted by atomic mass is 10.1. The molecule has 1 aromatic rings. The molecule has 1 rings (SSSR count). The summed E-state index contributed by atoms with van der Waals surface area (Å²) in [5, 5.41) is 19.8. The summed E-state index contributed by atoms with van der Waals surface area (Å²) >= 11 is -0.969. The summed E-state index contributed by atoms with van der Waals surface area (Å²) in [6.45, 7) is 1.58. The van der Waals surface area contributed by atoms with Crippen LogP contribution in [-0.2, 0) is 30.3 Å². The van der Waals surface area contributed by atoms with Gasteiger partial charge >= 0.3 is 11.9 Å². The number of benzene rings is 1. The Kier molecular flexibility index (Phi) is 15.2. The number of aliphatic carboxylic acids is 2. The maximum Gasteiger partial charge on any atom is 0.328 e. The molecule has 0 heterocycles. The van der Waals surface area contributed by atoms with Crippen molar-refractivity contribution in [2.24, 2.45) is 10.9 Å². The maximum atomic E-state index is 11.4. The molecule has 0 aliphatic rings. The lowest BCUT2D eigenvalue weighted by molar-refractivity contribution is -0.134. The molecule has 0 amide bonds. The van der Waals surface area contributed by atoms with Crippen LogP contribution in [0, 0.1) is 0 Å². The Bertz CT molecular complexity index is 645. The standard InChI is InChI=1S/C15H24N2O3S.C4H4O4/c1-19-11-4-3-5-15(17-20-12-10-16)13-6-8-14(9-7-13)21(2)18;5-3(6)1-2-4(7)8/h6-9H,3-5,10-12,16H2,1-2H3;1-2H,(H,5,6)(H,7,8)/b;2-1+. The molecule has 0 aliphatic carbocycles. The van der Waals surface area contributed by atoms with Gasteiger partial charge in [-0.05, 0) is 60.3 Å². The second-order valence-corrected chi connectivity index (χ2v) is 6.98. The van der Waals surface area contributed by atoms with Crippen LogP contribution in [0.25, 0.3) is 0 Å². The van der Waals surface area contributed by atoms with Crippen molar-refractivity contribution in [2.75, 3.05) is 33.1 Å². The summed E-state index contributed by atoms with van der Waals surface area (Å²) in [6.07, 6.45) is 5.54. The van der Waals surface area contributed by atoms with Gasteiger partial charge in [0.15, 0.2) is 4.90 Å².